The summed E-state index contributed by atoms with van der Waals surface area (Å²) in [6.07, 6.45) is 1.06. The highest BCUT2D eigenvalue weighted by atomic mass is 32.1. The predicted molar refractivity (Wildman–Crippen MR) is 141 cm³/mol. The molecule has 1 aliphatic rings. The molecule has 2 nitrogen and oxygen atoms in total. The van der Waals surface area contributed by atoms with Gasteiger partial charge in [0.1, 0.15) is 5.82 Å². The number of thiophene rings is 1. The summed E-state index contributed by atoms with van der Waals surface area (Å²) in [4.78, 5) is 11.2. The molecule has 164 valence electrons. The molecule has 33 heavy (non-hydrogen) atoms. The summed E-state index contributed by atoms with van der Waals surface area (Å²) in [7, 11) is 0. The first-order valence-electron chi connectivity index (χ1n) is 11.8. The van der Waals surface area contributed by atoms with Crippen LogP contribution in [0.25, 0.3) is 42.7 Å². The molecule has 3 heteroatoms. The van der Waals surface area contributed by atoms with E-state index in [0.717, 1.165) is 28.8 Å². The van der Waals surface area contributed by atoms with E-state index in [2.05, 4.69) is 88.4 Å². The Morgan fingerprint density at radius 2 is 1.64 bits per heavy atom. The zero-order valence-electron chi connectivity index (χ0n) is 19.9. The minimum atomic E-state index is -0.0936. The zero-order chi connectivity index (χ0) is 22.9. The Morgan fingerprint density at radius 3 is 2.45 bits per heavy atom. The predicted octanol–water partition coefficient (Wildman–Crippen LogP) is 8.32. The molecule has 0 bridgehead atoms. The van der Waals surface area contributed by atoms with Crippen molar-refractivity contribution in [3.8, 4) is 21.7 Å². The fourth-order valence-electron chi connectivity index (χ4n) is 5.69. The summed E-state index contributed by atoms with van der Waals surface area (Å²) in [6, 6.07) is 22.3. The monoisotopic (exact) mass is 448 g/mol. The molecule has 0 saturated heterocycles. The summed E-state index contributed by atoms with van der Waals surface area (Å²) < 4.78 is 1.37. The summed E-state index contributed by atoms with van der Waals surface area (Å²) in [6.45, 7) is 11.3. The maximum Gasteiger partial charge on any atom is 0.126 e. The van der Waals surface area contributed by atoms with Crippen molar-refractivity contribution >= 4 is 32.3 Å². The van der Waals surface area contributed by atoms with Crippen LogP contribution in [0.15, 0.2) is 60.7 Å². The first kappa shape index (κ1) is 20.6. The molecule has 6 rings (SSSR count). The number of hydrogen-bond acceptors (Lipinski definition) is 3. The number of fused-ring (bicyclic) bond motifs is 6. The van der Waals surface area contributed by atoms with Crippen molar-refractivity contribution < 1.29 is 0 Å². The van der Waals surface area contributed by atoms with Crippen LogP contribution >= 0.6 is 11.3 Å². The third-order valence-corrected chi connectivity index (χ3v) is 8.13. The van der Waals surface area contributed by atoms with E-state index < -0.39 is 0 Å². The fourth-order valence-corrected chi connectivity index (χ4v) is 7.08. The minimum Gasteiger partial charge on any atom is -0.233 e. The topological polar surface area (TPSA) is 25.8 Å². The minimum absolute atomic E-state index is 0.0936. The van der Waals surface area contributed by atoms with Crippen LogP contribution in [0.3, 0.4) is 0 Å². The summed E-state index contributed by atoms with van der Waals surface area (Å²) >= 11 is 1.92. The van der Waals surface area contributed by atoms with Crippen LogP contribution in [0.1, 0.15) is 50.2 Å². The molecule has 0 fully saturated rings. The van der Waals surface area contributed by atoms with Crippen LogP contribution in [0.2, 0.25) is 0 Å². The van der Waals surface area contributed by atoms with Crippen LogP contribution in [0.4, 0.5) is 0 Å². The van der Waals surface area contributed by atoms with Gasteiger partial charge in [-0.05, 0) is 59.0 Å². The molecular formula is C30H28N2S. The van der Waals surface area contributed by atoms with Gasteiger partial charge in [0.25, 0.3) is 0 Å². The normalized spacial score (nSPS) is 14.2. The lowest BCUT2D eigenvalue weighted by Crippen LogP contribution is -2.16. The van der Waals surface area contributed by atoms with E-state index in [1.807, 2.05) is 18.3 Å². The van der Waals surface area contributed by atoms with E-state index >= 15 is 0 Å². The molecular weight excluding hydrogens is 420 g/mol. The molecule has 0 N–H and O–H groups in total. The first-order chi connectivity index (χ1) is 15.8. The van der Waals surface area contributed by atoms with Gasteiger partial charge in [-0.25, -0.2) is 9.97 Å². The number of aromatic nitrogens is 2. The second kappa shape index (κ2) is 7.23. The van der Waals surface area contributed by atoms with E-state index in [1.165, 1.54) is 42.8 Å². The second-order valence-electron chi connectivity index (χ2n) is 10.2. The van der Waals surface area contributed by atoms with Crippen molar-refractivity contribution in [1.29, 1.82) is 0 Å². The second-order valence-corrected chi connectivity index (χ2v) is 11.3. The molecule has 0 aliphatic heterocycles. The lowest BCUT2D eigenvalue weighted by Gasteiger charge is -2.25. The van der Waals surface area contributed by atoms with E-state index in [9.17, 15) is 0 Å². The Hall–Kier alpha value is -3.04. The van der Waals surface area contributed by atoms with Gasteiger partial charge in [-0.15, -0.1) is 11.3 Å². The fraction of sp³-hybridized carbons (Fsp3) is 0.267. The van der Waals surface area contributed by atoms with Crippen molar-refractivity contribution in [2.45, 2.75) is 46.5 Å². The van der Waals surface area contributed by atoms with Crippen LogP contribution in [0.5, 0.6) is 0 Å². The number of nitrogens with zero attached hydrogens (tertiary/aromatic N) is 2. The molecule has 0 radical (unpaired) electrons. The van der Waals surface area contributed by atoms with Crippen molar-refractivity contribution in [2.24, 2.45) is 5.92 Å². The summed E-state index contributed by atoms with van der Waals surface area (Å²) in [5.41, 5.74) is 8.79. The Labute approximate surface area is 199 Å². The molecule has 0 unspecified atom stereocenters. The Kier molecular flexibility index (Phi) is 4.50. The molecule has 2 aromatic heterocycles. The van der Waals surface area contributed by atoms with Gasteiger partial charge in [0.15, 0.2) is 0 Å². The van der Waals surface area contributed by atoms with Crippen LogP contribution in [-0.2, 0) is 11.8 Å². The Bertz CT molecular complexity index is 1560. The van der Waals surface area contributed by atoms with Gasteiger partial charge in [-0.2, -0.15) is 0 Å². The highest BCUT2D eigenvalue weighted by Crippen LogP contribution is 2.57. The highest BCUT2D eigenvalue weighted by molar-refractivity contribution is 7.22. The number of rotatable bonds is 3. The number of aryl methyl sites for hydroxylation is 1. The molecule has 0 amide bonds. The lowest BCUT2D eigenvalue weighted by atomic mass is 9.78. The summed E-state index contributed by atoms with van der Waals surface area (Å²) in [5.74, 6) is 1.45. The third kappa shape index (κ3) is 3.06. The average Bonchev–Trinajstić information content (AvgIpc) is 3.27. The SMILES string of the molecule is Cc1nc(-c2cccc3c2C(C)(C)c2c-3sc3ccccc23)c2ccc(CC(C)C)cc2n1. The maximum absolute atomic E-state index is 5.01. The Balaban J connectivity index is 1.62. The number of benzene rings is 3. The van der Waals surface area contributed by atoms with Crippen LogP contribution in [-0.4, -0.2) is 9.97 Å². The molecule has 0 spiro atoms. The van der Waals surface area contributed by atoms with Crippen molar-refractivity contribution in [3.63, 3.8) is 0 Å². The van der Waals surface area contributed by atoms with Gasteiger partial charge in [-0.3, -0.25) is 0 Å². The van der Waals surface area contributed by atoms with Crippen LogP contribution in [0, 0.1) is 12.8 Å². The Morgan fingerprint density at radius 1 is 0.848 bits per heavy atom. The quantitative estimate of drug-likeness (QED) is 0.277. The average molecular weight is 449 g/mol. The standard InChI is InChI=1S/C30H28N2S/c1-17(2)15-19-13-14-20-24(16-19)31-18(3)32-28(20)22-10-8-11-23-26(22)30(4,5)27-21-9-6-7-12-25(21)33-29(23)27/h6-14,16-17H,15H2,1-5H3. The van der Waals surface area contributed by atoms with Crippen molar-refractivity contribution in [2.75, 3.05) is 0 Å². The van der Waals surface area contributed by atoms with E-state index in [4.69, 9.17) is 9.97 Å². The van der Waals surface area contributed by atoms with E-state index in [-0.39, 0.29) is 5.41 Å². The molecule has 0 atom stereocenters. The van der Waals surface area contributed by atoms with E-state index in [0.29, 0.717) is 5.92 Å². The van der Waals surface area contributed by atoms with Gasteiger partial charge < -0.3 is 0 Å². The van der Waals surface area contributed by atoms with Crippen LogP contribution < -0.4 is 0 Å². The lowest BCUT2D eigenvalue weighted by molar-refractivity contribution is 0.647. The summed E-state index contributed by atoms with van der Waals surface area (Å²) in [5, 5.41) is 2.52. The van der Waals surface area contributed by atoms with Gasteiger partial charge in [0.2, 0.25) is 0 Å². The zero-order valence-corrected chi connectivity index (χ0v) is 20.7. The molecule has 1 aliphatic carbocycles. The van der Waals surface area contributed by atoms with Crippen molar-refractivity contribution in [3.05, 3.63) is 83.2 Å². The van der Waals surface area contributed by atoms with Gasteiger partial charge in [-0.1, -0.05) is 76.2 Å². The number of hydrogen-bond donors (Lipinski definition) is 0. The molecule has 0 saturated carbocycles. The van der Waals surface area contributed by atoms with Gasteiger partial charge >= 0.3 is 0 Å². The smallest absolute Gasteiger partial charge is 0.126 e. The van der Waals surface area contributed by atoms with Crippen molar-refractivity contribution in [1.82, 2.24) is 9.97 Å². The van der Waals surface area contributed by atoms with E-state index in [1.54, 1.807) is 0 Å². The van der Waals surface area contributed by atoms with Gasteiger partial charge in [0.05, 0.1) is 11.2 Å². The molecule has 5 aromatic rings. The molecule has 2 heterocycles. The van der Waals surface area contributed by atoms with Gasteiger partial charge in [0, 0.05) is 25.9 Å². The highest BCUT2D eigenvalue weighted by Gasteiger charge is 2.40. The molecule has 3 aromatic carbocycles. The third-order valence-electron chi connectivity index (χ3n) is 6.93. The largest absolute Gasteiger partial charge is 0.233 e. The first-order valence-corrected chi connectivity index (χ1v) is 12.6. The maximum atomic E-state index is 5.01.